The Morgan fingerprint density at radius 2 is 1.75 bits per heavy atom. The minimum Gasteiger partial charge on any atom is -0.383 e. The van der Waals surface area contributed by atoms with Crippen LogP contribution in [0.3, 0.4) is 0 Å². The largest absolute Gasteiger partial charge is 0.383 e. The molecule has 1 aliphatic carbocycles. The van der Waals surface area contributed by atoms with Gasteiger partial charge in [0.25, 0.3) is 5.91 Å². The molecular weight excluding hydrogens is 520 g/mol. The highest BCUT2D eigenvalue weighted by molar-refractivity contribution is 6.53. The minimum atomic E-state index is -1.31. The van der Waals surface area contributed by atoms with Gasteiger partial charge in [-0.05, 0) is 48.9 Å². The lowest BCUT2D eigenvalue weighted by atomic mass is 10.1. The molecule has 0 spiro atoms. The molecule has 0 bridgehead atoms. The Kier molecular flexibility index (Phi) is 8.20. The number of carbonyl (C=O) groups is 2. The van der Waals surface area contributed by atoms with Gasteiger partial charge in [0, 0.05) is 34.8 Å². The molecule has 0 saturated heterocycles. The molecule has 2 amide bonds. The number of hydrazine groups is 1. The van der Waals surface area contributed by atoms with E-state index in [1.165, 1.54) is 12.1 Å². The second kappa shape index (κ2) is 10.3. The summed E-state index contributed by atoms with van der Waals surface area (Å²) in [6.07, 6.45) is 0. The highest BCUT2D eigenvalue weighted by atomic mass is 35.5. The summed E-state index contributed by atoms with van der Waals surface area (Å²) in [5.74, 6) is -2.08. The zero-order chi connectivity index (χ0) is 23.6. The van der Waals surface area contributed by atoms with Crippen LogP contribution in [0.2, 0.25) is 15.1 Å². The van der Waals surface area contributed by atoms with Crippen LogP contribution in [0.15, 0.2) is 36.4 Å². The van der Waals surface area contributed by atoms with E-state index < -0.39 is 28.0 Å². The van der Waals surface area contributed by atoms with Gasteiger partial charge in [-0.1, -0.05) is 34.8 Å². The maximum atomic E-state index is 12.9. The number of nitrogens with one attached hydrogen (secondary N) is 3. The number of ether oxygens (including phenoxy) is 1. The van der Waals surface area contributed by atoms with Gasteiger partial charge in [-0.15, -0.1) is 23.2 Å². The van der Waals surface area contributed by atoms with Crippen LogP contribution in [0.1, 0.15) is 28.8 Å². The Labute approximate surface area is 210 Å². The van der Waals surface area contributed by atoms with E-state index in [4.69, 9.17) is 62.7 Å². The van der Waals surface area contributed by atoms with Gasteiger partial charge in [0.15, 0.2) is 0 Å². The molecule has 1 aliphatic rings. The number of benzene rings is 2. The van der Waals surface area contributed by atoms with Crippen molar-refractivity contribution >= 4 is 75.5 Å². The average molecular weight is 540 g/mol. The Bertz CT molecular complexity index is 1010. The molecular formula is C21H20Cl5N3O3. The van der Waals surface area contributed by atoms with Crippen molar-refractivity contribution in [2.75, 3.05) is 19.0 Å². The average Bonchev–Trinajstić information content (AvgIpc) is 3.29. The summed E-state index contributed by atoms with van der Waals surface area (Å²) in [7, 11) is 1.56. The third-order valence-electron chi connectivity index (χ3n) is 4.91. The molecule has 6 nitrogen and oxygen atoms in total. The summed E-state index contributed by atoms with van der Waals surface area (Å²) in [6, 6.07) is 9.38. The van der Waals surface area contributed by atoms with Crippen LogP contribution in [-0.2, 0) is 9.53 Å². The number of halogens is 5. The number of alkyl halides is 2. The van der Waals surface area contributed by atoms with E-state index in [0.29, 0.717) is 27.9 Å². The zero-order valence-corrected chi connectivity index (χ0v) is 20.8. The molecule has 2 aromatic carbocycles. The maximum absolute atomic E-state index is 12.9. The predicted molar refractivity (Wildman–Crippen MR) is 129 cm³/mol. The van der Waals surface area contributed by atoms with Gasteiger partial charge in [-0.3, -0.25) is 15.0 Å². The van der Waals surface area contributed by atoms with Crippen molar-refractivity contribution in [3.63, 3.8) is 0 Å². The van der Waals surface area contributed by atoms with Crippen LogP contribution >= 0.6 is 58.0 Å². The Morgan fingerprint density at radius 3 is 2.38 bits per heavy atom. The molecule has 3 unspecified atom stereocenters. The van der Waals surface area contributed by atoms with Crippen molar-refractivity contribution in [1.82, 2.24) is 10.9 Å². The standard InChI is InChI=1S/C21H20Cl5N3O3/c1-10(9-32-2)28-29-19(30)15-8-14(3-4-16(15)24)27-20(31)18-17(21(18,25)26)11-5-12(22)7-13(23)6-11/h3-8,10,17-18,28H,9H2,1-2H3,(H,27,31)(H,29,30). The fourth-order valence-corrected chi connectivity index (χ4v) is 4.94. The van der Waals surface area contributed by atoms with Gasteiger partial charge in [0.05, 0.1) is 23.1 Å². The fraction of sp³-hybridized carbons (Fsp3) is 0.333. The van der Waals surface area contributed by atoms with Crippen molar-refractivity contribution in [3.05, 3.63) is 62.6 Å². The molecule has 0 aliphatic heterocycles. The van der Waals surface area contributed by atoms with Crippen molar-refractivity contribution in [2.45, 2.75) is 23.2 Å². The molecule has 1 saturated carbocycles. The summed E-state index contributed by atoms with van der Waals surface area (Å²) in [5.41, 5.74) is 6.59. The first-order chi connectivity index (χ1) is 15.0. The Balaban J connectivity index is 1.71. The highest BCUT2D eigenvalue weighted by Gasteiger charge is 2.67. The predicted octanol–water partition coefficient (Wildman–Crippen LogP) is 5.44. The number of amides is 2. The van der Waals surface area contributed by atoms with E-state index in [2.05, 4.69) is 16.2 Å². The normalized spacial score (nSPS) is 19.8. The third-order valence-corrected chi connectivity index (χ3v) is 6.61. The van der Waals surface area contributed by atoms with E-state index in [-0.39, 0.29) is 16.6 Å². The SMILES string of the molecule is COCC(C)NNC(=O)c1cc(NC(=O)C2C(c3cc(Cl)cc(Cl)c3)C2(Cl)Cl)ccc1Cl. The first-order valence-electron chi connectivity index (χ1n) is 9.53. The lowest BCUT2D eigenvalue weighted by Gasteiger charge is -2.15. The number of carbonyl (C=O) groups excluding carboxylic acids is 2. The van der Waals surface area contributed by atoms with Gasteiger partial charge in [0.2, 0.25) is 5.91 Å². The molecule has 32 heavy (non-hydrogen) atoms. The van der Waals surface area contributed by atoms with Crippen LogP contribution in [0.25, 0.3) is 0 Å². The van der Waals surface area contributed by atoms with Gasteiger partial charge in [0.1, 0.15) is 4.33 Å². The van der Waals surface area contributed by atoms with Crippen molar-refractivity contribution < 1.29 is 14.3 Å². The Morgan fingerprint density at radius 1 is 1.09 bits per heavy atom. The number of hydrogen-bond acceptors (Lipinski definition) is 4. The summed E-state index contributed by atoms with van der Waals surface area (Å²) < 4.78 is 3.69. The first kappa shape index (κ1) is 25.4. The van der Waals surface area contributed by atoms with E-state index in [1.54, 1.807) is 31.4 Å². The number of hydrogen-bond donors (Lipinski definition) is 3. The van der Waals surface area contributed by atoms with E-state index in [1.807, 2.05) is 6.92 Å². The second-order valence-corrected chi connectivity index (χ2v) is 10.2. The summed E-state index contributed by atoms with van der Waals surface area (Å²) >= 11 is 31.1. The molecule has 0 heterocycles. The van der Waals surface area contributed by atoms with E-state index >= 15 is 0 Å². The van der Waals surface area contributed by atoms with Crippen LogP contribution in [-0.4, -0.2) is 35.9 Å². The zero-order valence-electron chi connectivity index (χ0n) is 17.0. The van der Waals surface area contributed by atoms with Gasteiger partial charge in [-0.25, -0.2) is 5.43 Å². The van der Waals surface area contributed by atoms with E-state index in [0.717, 1.165) is 0 Å². The maximum Gasteiger partial charge on any atom is 0.266 e. The van der Waals surface area contributed by atoms with Gasteiger partial charge in [-0.2, -0.15) is 0 Å². The molecule has 3 atom stereocenters. The molecule has 3 rings (SSSR count). The lowest BCUT2D eigenvalue weighted by Crippen LogP contribution is -2.44. The first-order valence-corrected chi connectivity index (χ1v) is 11.4. The molecule has 2 aromatic rings. The summed E-state index contributed by atoms with van der Waals surface area (Å²) in [6.45, 7) is 2.24. The van der Waals surface area contributed by atoms with Crippen molar-refractivity contribution in [3.8, 4) is 0 Å². The molecule has 11 heteroatoms. The third kappa shape index (κ3) is 5.81. The topological polar surface area (TPSA) is 79.5 Å². The lowest BCUT2D eigenvalue weighted by molar-refractivity contribution is -0.117. The minimum absolute atomic E-state index is 0.113. The van der Waals surface area contributed by atoms with Crippen LogP contribution < -0.4 is 16.2 Å². The molecule has 0 aromatic heterocycles. The second-order valence-electron chi connectivity index (χ2n) is 7.47. The van der Waals surface area contributed by atoms with Gasteiger partial charge >= 0.3 is 0 Å². The number of methoxy groups -OCH3 is 1. The summed E-state index contributed by atoms with van der Waals surface area (Å²) in [5, 5.41) is 3.81. The number of rotatable bonds is 8. The highest BCUT2D eigenvalue weighted by Crippen LogP contribution is 2.65. The van der Waals surface area contributed by atoms with Crippen LogP contribution in [0, 0.1) is 5.92 Å². The van der Waals surface area contributed by atoms with Crippen LogP contribution in [0.5, 0.6) is 0 Å². The Hall–Kier alpha value is -1.25. The molecule has 172 valence electrons. The molecule has 3 N–H and O–H groups in total. The van der Waals surface area contributed by atoms with E-state index in [9.17, 15) is 9.59 Å². The molecule has 1 fully saturated rings. The van der Waals surface area contributed by atoms with Crippen LogP contribution in [0.4, 0.5) is 5.69 Å². The monoisotopic (exact) mass is 537 g/mol. The number of anilines is 1. The quantitative estimate of drug-likeness (QED) is 0.308. The fourth-order valence-electron chi connectivity index (χ4n) is 3.37. The summed E-state index contributed by atoms with van der Waals surface area (Å²) in [4.78, 5) is 25.4. The van der Waals surface area contributed by atoms with Gasteiger partial charge < -0.3 is 10.1 Å². The van der Waals surface area contributed by atoms with Crippen molar-refractivity contribution in [2.24, 2.45) is 5.92 Å². The molecule has 0 radical (unpaired) electrons. The van der Waals surface area contributed by atoms with Crippen molar-refractivity contribution in [1.29, 1.82) is 0 Å². The smallest absolute Gasteiger partial charge is 0.266 e.